The van der Waals surface area contributed by atoms with E-state index in [1.165, 1.54) is 12.1 Å². The van der Waals surface area contributed by atoms with Crippen LogP contribution in [0.2, 0.25) is 0 Å². The fourth-order valence-electron chi connectivity index (χ4n) is 1.98. The van der Waals surface area contributed by atoms with Gasteiger partial charge in [-0.2, -0.15) is 0 Å². The van der Waals surface area contributed by atoms with E-state index in [1.807, 2.05) is 24.3 Å². The van der Waals surface area contributed by atoms with Gasteiger partial charge in [0.15, 0.2) is 0 Å². The van der Waals surface area contributed by atoms with Crippen molar-refractivity contribution in [2.45, 2.75) is 13.3 Å². The Kier molecular flexibility index (Phi) is 4.17. The van der Waals surface area contributed by atoms with Gasteiger partial charge in [-0.25, -0.2) is 0 Å². The number of nitrogens with one attached hydrogen (secondary N) is 2. The van der Waals surface area contributed by atoms with Crippen molar-refractivity contribution in [1.82, 2.24) is 0 Å². The number of nitrogens with two attached hydrogens (primary N) is 1. The maximum Gasteiger partial charge on any atom is 0.273 e. The highest BCUT2D eigenvalue weighted by Gasteiger charge is 2.10. The second kappa shape index (κ2) is 6.03. The van der Waals surface area contributed by atoms with E-state index in [2.05, 4.69) is 17.7 Å². The molecule has 0 aliphatic heterocycles. The Morgan fingerprint density at radius 1 is 1.20 bits per heavy atom. The molecule has 2 rings (SSSR count). The van der Waals surface area contributed by atoms with Crippen molar-refractivity contribution < 1.29 is 4.92 Å². The van der Waals surface area contributed by atoms with Crippen molar-refractivity contribution in [1.29, 1.82) is 0 Å². The van der Waals surface area contributed by atoms with E-state index < -0.39 is 4.92 Å². The van der Waals surface area contributed by atoms with Gasteiger partial charge in [-0.05, 0) is 24.1 Å². The number of aryl methyl sites for hydroxylation is 1. The summed E-state index contributed by atoms with van der Waals surface area (Å²) in [5.41, 5.74) is 5.59. The molecule has 0 heterocycles. The first-order valence-corrected chi connectivity index (χ1v) is 6.25. The number of anilines is 3. The normalized spacial score (nSPS) is 10.1. The van der Waals surface area contributed by atoms with Gasteiger partial charge in [0, 0.05) is 23.5 Å². The fourth-order valence-corrected chi connectivity index (χ4v) is 1.98. The van der Waals surface area contributed by atoms with Crippen LogP contribution in [-0.2, 0) is 6.42 Å². The van der Waals surface area contributed by atoms with Crippen LogP contribution < -0.4 is 16.6 Å². The minimum absolute atomic E-state index is 0.0167. The van der Waals surface area contributed by atoms with Crippen molar-refractivity contribution in [3.8, 4) is 0 Å². The Balaban J connectivity index is 2.37. The third-order valence-electron chi connectivity index (χ3n) is 2.97. The summed E-state index contributed by atoms with van der Waals surface area (Å²) in [6.45, 7) is 2.06. The number of para-hydroxylation sites is 1. The molecule has 0 radical (unpaired) electrons. The third kappa shape index (κ3) is 3.04. The molecule has 0 amide bonds. The van der Waals surface area contributed by atoms with Gasteiger partial charge in [0.2, 0.25) is 0 Å². The molecule has 0 aliphatic rings. The maximum absolute atomic E-state index is 10.9. The van der Waals surface area contributed by atoms with Crippen LogP contribution in [0.5, 0.6) is 0 Å². The molecule has 6 heteroatoms. The summed E-state index contributed by atoms with van der Waals surface area (Å²) < 4.78 is 0. The average Bonchev–Trinajstić information content (AvgIpc) is 2.47. The van der Waals surface area contributed by atoms with Gasteiger partial charge in [0.1, 0.15) is 0 Å². The molecule has 0 aromatic heterocycles. The van der Waals surface area contributed by atoms with Crippen LogP contribution in [0.4, 0.5) is 22.7 Å². The Labute approximate surface area is 116 Å². The number of rotatable bonds is 5. The van der Waals surface area contributed by atoms with Crippen molar-refractivity contribution in [3.05, 3.63) is 58.1 Å². The minimum Gasteiger partial charge on any atom is -0.355 e. The van der Waals surface area contributed by atoms with E-state index in [0.29, 0.717) is 11.4 Å². The van der Waals surface area contributed by atoms with Crippen LogP contribution in [0.1, 0.15) is 12.5 Å². The molecule has 2 aromatic carbocycles. The molecule has 0 bridgehead atoms. The molecule has 0 spiro atoms. The molecule has 0 fully saturated rings. The van der Waals surface area contributed by atoms with Gasteiger partial charge in [0.05, 0.1) is 10.6 Å². The topological polar surface area (TPSA) is 93.2 Å². The summed E-state index contributed by atoms with van der Waals surface area (Å²) in [6.07, 6.45) is 0.875. The first-order chi connectivity index (χ1) is 9.63. The predicted octanol–water partition coefficient (Wildman–Crippen LogP) is 3.19. The number of hydrogen-bond donors (Lipinski definition) is 3. The molecule has 20 heavy (non-hydrogen) atoms. The van der Waals surface area contributed by atoms with Crippen LogP contribution in [0, 0.1) is 10.1 Å². The summed E-state index contributed by atoms with van der Waals surface area (Å²) in [5, 5.41) is 14.1. The summed E-state index contributed by atoms with van der Waals surface area (Å²) in [5.74, 6) is 5.34. The number of hydrazine groups is 1. The number of non-ortho nitro benzene ring substituents is 1. The monoisotopic (exact) mass is 272 g/mol. The number of nitrogens with zero attached hydrogens (tertiary/aromatic N) is 1. The van der Waals surface area contributed by atoms with E-state index in [4.69, 9.17) is 5.84 Å². The van der Waals surface area contributed by atoms with Gasteiger partial charge in [-0.1, -0.05) is 25.1 Å². The van der Waals surface area contributed by atoms with Gasteiger partial charge >= 0.3 is 0 Å². The van der Waals surface area contributed by atoms with E-state index in [1.54, 1.807) is 6.07 Å². The Hall–Kier alpha value is -2.60. The lowest BCUT2D eigenvalue weighted by atomic mass is 10.1. The third-order valence-corrected chi connectivity index (χ3v) is 2.97. The predicted molar refractivity (Wildman–Crippen MR) is 80.0 cm³/mol. The van der Waals surface area contributed by atoms with Crippen LogP contribution in [0.25, 0.3) is 0 Å². The van der Waals surface area contributed by atoms with Crippen molar-refractivity contribution >= 4 is 22.7 Å². The van der Waals surface area contributed by atoms with E-state index >= 15 is 0 Å². The zero-order valence-electron chi connectivity index (χ0n) is 11.1. The smallest absolute Gasteiger partial charge is 0.273 e. The Morgan fingerprint density at radius 2 is 1.90 bits per heavy atom. The molecule has 0 atom stereocenters. The molecule has 0 aliphatic carbocycles. The number of benzene rings is 2. The van der Waals surface area contributed by atoms with Crippen molar-refractivity contribution in [2.75, 3.05) is 10.7 Å². The van der Waals surface area contributed by atoms with Crippen LogP contribution in [0.15, 0.2) is 42.5 Å². The van der Waals surface area contributed by atoms with Gasteiger partial charge in [-0.3, -0.25) is 16.0 Å². The quantitative estimate of drug-likeness (QED) is 0.441. The first kappa shape index (κ1) is 13.8. The summed E-state index contributed by atoms with van der Waals surface area (Å²) >= 11 is 0. The van der Waals surface area contributed by atoms with E-state index in [-0.39, 0.29) is 5.69 Å². The van der Waals surface area contributed by atoms with Crippen molar-refractivity contribution in [3.63, 3.8) is 0 Å². The number of hydrogen-bond acceptors (Lipinski definition) is 5. The molecule has 0 saturated carbocycles. The fraction of sp³-hybridized carbons (Fsp3) is 0.143. The minimum atomic E-state index is -0.447. The van der Waals surface area contributed by atoms with Crippen LogP contribution in [0.3, 0.4) is 0 Å². The molecule has 104 valence electrons. The molecular weight excluding hydrogens is 256 g/mol. The highest BCUT2D eigenvalue weighted by molar-refractivity contribution is 5.70. The van der Waals surface area contributed by atoms with E-state index in [0.717, 1.165) is 17.7 Å². The summed E-state index contributed by atoms with van der Waals surface area (Å²) in [7, 11) is 0. The first-order valence-electron chi connectivity index (χ1n) is 6.25. The molecule has 0 unspecified atom stereocenters. The molecule has 4 N–H and O–H groups in total. The number of nitrogen functional groups attached to an aromatic ring is 1. The highest BCUT2D eigenvalue weighted by atomic mass is 16.6. The van der Waals surface area contributed by atoms with Gasteiger partial charge in [0.25, 0.3) is 5.69 Å². The van der Waals surface area contributed by atoms with E-state index in [9.17, 15) is 10.1 Å². The standard InChI is InChI=1S/C14H16N4O2/c1-2-10-5-3-4-6-14(10)16-11-7-12(17-15)9-13(8-11)18(19)20/h3-9,16-17H,2,15H2,1H3. The molecule has 2 aromatic rings. The zero-order chi connectivity index (χ0) is 14.5. The Morgan fingerprint density at radius 3 is 2.55 bits per heavy atom. The summed E-state index contributed by atoms with van der Waals surface area (Å²) in [4.78, 5) is 10.5. The van der Waals surface area contributed by atoms with Crippen molar-refractivity contribution in [2.24, 2.45) is 5.84 Å². The lowest BCUT2D eigenvalue weighted by Gasteiger charge is -2.12. The van der Waals surface area contributed by atoms with Crippen LogP contribution in [-0.4, -0.2) is 4.92 Å². The SMILES string of the molecule is CCc1ccccc1Nc1cc(NN)cc([N+](=O)[O-])c1. The lowest BCUT2D eigenvalue weighted by molar-refractivity contribution is -0.384. The lowest BCUT2D eigenvalue weighted by Crippen LogP contribution is -2.07. The maximum atomic E-state index is 10.9. The average molecular weight is 272 g/mol. The second-order valence-corrected chi connectivity index (χ2v) is 4.31. The zero-order valence-corrected chi connectivity index (χ0v) is 11.1. The number of nitro benzene ring substituents is 1. The Bertz CT molecular complexity index is 628. The van der Waals surface area contributed by atoms with Crippen LogP contribution >= 0.6 is 0 Å². The highest BCUT2D eigenvalue weighted by Crippen LogP contribution is 2.27. The van der Waals surface area contributed by atoms with Gasteiger partial charge < -0.3 is 10.7 Å². The number of nitro groups is 1. The summed E-state index contributed by atoms with van der Waals surface area (Å²) in [6, 6.07) is 12.4. The molecule has 0 saturated heterocycles. The molecular formula is C14H16N4O2. The molecule has 6 nitrogen and oxygen atoms in total. The van der Waals surface area contributed by atoms with Gasteiger partial charge in [-0.15, -0.1) is 0 Å². The second-order valence-electron chi connectivity index (χ2n) is 4.31. The largest absolute Gasteiger partial charge is 0.355 e.